The van der Waals surface area contributed by atoms with Gasteiger partial charge in [-0.25, -0.2) is 0 Å². The van der Waals surface area contributed by atoms with E-state index in [0.717, 1.165) is 16.3 Å². The van der Waals surface area contributed by atoms with Crippen molar-refractivity contribution in [2.45, 2.75) is 16.1 Å². The molecular weight excluding hydrogens is 572 g/mol. The number of ether oxygens (including phenoxy) is 2. The lowest BCUT2D eigenvalue weighted by Gasteiger charge is -2.22. The van der Waals surface area contributed by atoms with E-state index >= 15 is 0 Å². The highest BCUT2D eigenvalue weighted by molar-refractivity contribution is 8.00. The molecule has 1 aliphatic heterocycles. The number of hydrogen-bond donors (Lipinski definition) is 1. The van der Waals surface area contributed by atoms with Crippen LogP contribution < -0.4 is 14.4 Å². The van der Waals surface area contributed by atoms with Gasteiger partial charge in [0.15, 0.2) is 15.8 Å². The maximum atomic E-state index is 13.5. The summed E-state index contributed by atoms with van der Waals surface area (Å²) in [6.07, 6.45) is 3.15. The van der Waals surface area contributed by atoms with Crippen molar-refractivity contribution in [2.24, 2.45) is 0 Å². The molecule has 1 atom stereocenters. The monoisotopic (exact) mass is 596 g/mol. The Labute approximate surface area is 249 Å². The second kappa shape index (κ2) is 11.6. The number of ketones is 1. The molecule has 6 rings (SSSR count). The molecule has 9 nitrogen and oxygen atoms in total. The van der Waals surface area contributed by atoms with E-state index in [0.29, 0.717) is 32.7 Å². The Morgan fingerprint density at radius 2 is 1.79 bits per heavy atom. The number of aromatic nitrogens is 3. The fourth-order valence-electron chi connectivity index (χ4n) is 4.94. The van der Waals surface area contributed by atoms with Gasteiger partial charge in [-0.05, 0) is 46.2 Å². The molecule has 1 saturated heterocycles. The Hall–Kier alpha value is -4.74. The third-order valence-corrected chi connectivity index (χ3v) is 9.04. The highest BCUT2D eigenvalue weighted by Crippen LogP contribution is 2.44. The number of Topliss-reactive ketones (excluding diaryl/α,β-unsaturated/α-hetero) is 1. The minimum atomic E-state index is -0.962. The predicted molar refractivity (Wildman–Crippen MR) is 162 cm³/mol. The highest BCUT2D eigenvalue weighted by Gasteiger charge is 2.48. The van der Waals surface area contributed by atoms with Crippen molar-refractivity contribution in [3.05, 3.63) is 107 Å². The van der Waals surface area contributed by atoms with Gasteiger partial charge >= 0.3 is 5.91 Å². The molecule has 0 bridgehead atoms. The summed E-state index contributed by atoms with van der Waals surface area (Å²) in [6.45, 7) is 0. The normalized spacial score (nSPS) is 16.2. The molecule has 210 valence electrons. The van der Waals surface area contributed by atoms with Gasteiger partial charge in [-0.15, -0.1) is 10.2 Å². The second-order valence-electron chi connectivity index (χ2n) is 9.30. The zero-order chi connectivity index (χ0) is 29.2. The number of methoxy groups -OCH3 is 2. The van der Waals surface area contributed by atoms with Crippen LogP contribution in [-0.4, -0.2) is 46.2 Å². The number of carbonyl (C=O) groups excluding carboxylic acids is 2. The van der Waals surface area contributed by atoms with E-state index < -0.39 is 17.7 Å². The summed E-state index contributed by atoms with van der Waals surface area (Å²) in [5.74, 6) is -0.517. The zero-order valence-corrected chi connectivity index (χ0v) is 24.2. The summed E-state index contributed by atoms with van der Waals surface area (Å²) in [5, 5.41) is 22.6. The van der Waals surface area contributed by atoms with E-state index in [9.17, 15) is 14.7 Å². The SMILES string of the molecule is COc1ccc(C(O)=C2C(=O)C(=O)N(c3nnc(SCc4cccc5ccccc45)s3)[C@H]2c2cccnc2)cc1OC. The Morgan fingerprint density at radius 3 is 2.57 bits per heavy atom. The number of carbonyl (C=O) groups is 2. The standard InChI is InChI=1S/C31H24N4O5S2/c1-39-23-13-12-19(15-24(23)40-2)27(36)25-26(20-10-6-14-32-16-20)35(29(38)28(25)37)30-33-34-31(42-30)41-17-21-9-5-8-18-7-3-4-11-22(18)21/h3-16,26,36H,17H2,1-2H3/t26-/m0/s1. The minimum Gasteiger partial charge on any atom is -0.507 e. The van der Waals surface area contributed by atoms with E-state index in [4.69, 9.17) is 9.47 Å². The Bertz CT molecular complexity index is 1830. The van der Waals surface area contributed by atoms with Crippen LogP contribution in [0.5, 0.6) is 11.5 Å². The molecular formula is C31H24N4O5S2. The number of thioether (sulfide) groups is 1. The first-order chi connectivity index (χ1) is 20.5. The first-order valence-corrected chi connectivity index (χ1v) is 14.7. The smallest absolute Gasteiger partial charge is 0.301 e. The number of aliphatic hydroxyl groups is 1. The Morgan fingerprint density at radius 1 is 0.976 bits per heavy atom. The lowest BCUT2D eigenvalue weighted by Crippen LogP contribution is -2.29. The van der Waals surface area contributed by atoms with Gasteiger partial charge in [0, 0.05) is 23.7 Å². The molecule has 1 N–H and O–H groups in total. The van der Waals surface area contributed by atoms with Crippen molar-refractivity contribution in [1.29, 1.82) is 0 Å². The summed E-state index contributed by atoms with van der Waals surface area (Å²) in [5.41, 5.74) is 1.91. The van der Waals surface area contributed by atoms with Crippen molar-refractivity contribution in [3.63, 3.8) is 0 Å². The Kier molecular flexibility index (Phi) is 7.60. The van der Waals surface area contributed by atoms with Gasteiger partial charge in [0.1, 0.15) is 5.76 Å². The van der Waals surface area contributed by atoms with Gasteiger partial charge in [0.25, 0.3) is 5.78 Å². The van der Waals surface area contributed by atoms with Gasteiger partial charge in [-0.3, -0.25) is 19.5 Å². The van der Waals surface area contributed by atoms with Crippen molar-refractivity contribution in [3.8, 4) is 11.5 Å². The number of amides is 1. The molecule has 42 heavy (non-hydrogen) atoms. The summed E-state index contributed by atoms with van der Waals surface area (Å²) in [6, 6.07) is 21.6. The molecule has 0 aliphatic carbocycles. The van der Waals surface area contributed by atoms with Crippen LogP contribution >= 0.6 is 23.1 Å². The third-order valence-electron chi connectivity index (χ3n) is 6.93. The first-order valence-electron chi connectivity index (χ1n) is 12.9. The van der Waals surface area contributed by atoms with Crippen LogP contribution in [0, 0.1) is 0 Å². The largest absolute Gasteiger partial charge is 0.507 e. The maximum absolute atomic E-state index is 13.5. The van der Waals surface area contributed by atoms with Crippen molar-refractivity contribution < 1.29 is 24.2 Å². The van der Waals surface area contributed by atoms with Crippen LogP contribution in [0.1, 0.15) is 22.7 Å². The van der Waals surface area contributed by atoms with Crippen molar-refractivity contribution in [1.82, 2.24) is 15.2 Å². The van der Waals surface area contributed by atoms with E-state index in [-0.39, 0.29) is 16.5 Å². The van der Waals surface area contributed by atoms with Crippen LogP contribution in [0.25, 0.3) is 16.5 Å². The average molecular weight is 597 g/mol. The van der Waals surface area contributed by atoms with E-state index in [1.807, 2.05) is 18.2 Å². The molecule has 11 heteroatoms. The number of anilines is 1. The molecule has 0 unspecified atom stereocenters. The Balaban J connectivity index is 1.36. The zero-order valence-electron chi connectivity index (χ0n) is 22.6. The minimum absolute atomic E-state index is 0.0830. The molecule has 0 saturated carbocycles. The van der Waals surface area contributed by atoms with Gasteiger partial charge in [-0.1, -0.05) is 71.6 Å². The summed E-state index contributed by atoms with van der Waals surface area (Å²) < 4.78 is 11.3. The number of hydrogen-bond acceptors (Lipinski definition) is 10. The molecule has 1 amide bonds. The average Bonchev–Trinajstić information content (AvgIpc) is 3.61. The number of nitrogens with zero attached hydrogens (tertiary/aromatic N) is 4. The fraction of sp³-hybridized carbons (Fsp3) is 0.129. The molecule has 1 aliphatic rings. The van der Waals surface area contributed by atoms with Crippen LogP contribution in [-0.2, 0) is 15.3 Å². The molecule has 0 radical (unpaired) electrons. The van der Waals surface area contributed by atoms with Crippen LogP contribution in [0.2, 0.25) is 0 Å². The molecule has 5 aromatic rings. The maximum Gasteiger partial charge on any atom is 0.301 e. The van der Waals surface area contributed by atoms with Gasteiger partial charge in [0.05, 0.1) is 25.8 Å². The number of fused-ring (bicyclic) bond motifs is 1. The van der Waals surface area contributed by atoms with E-state index in [1.54, 1.807) is 42.7 Å². The van der Waals surface area contributed by atoms with Gasteiger partial charge < -0.3 is 14.6 Å². The first kappa shape index (κ1) is 27.4. The predicted octanol–water partition coefficient (Wildman–Crippen LogP) is 6.02. The van der Waals surface area contributed by atoms with Gasteiger partial charge in [-0.2, -0.15) is 0 Å². The van der Waals surface area contributed by atoms with Crippen LogP contribution in [0.4, 0.5) is 5.13 Å². The molecule has 0 spiro atoms. The number of rotatable bonds is 8. The summed E-state index contributed by atoms with van der Waals surface area (Å²) in [4.78, 5) is 32.4. The van der Waals surface area contributed by atoms with E-state index in [1.165, 1.54) is 42.2 Å². The lowest BCUT2D eigenvalue weighted by molar-refractivity contribution is -0.132. The number of benzene rings is 3. The third kappa shape index (κ3) is 4.97. The van der Waals surface area contributed by atoms with Gasteiger partial charge in [0.2, 0.25) is 5.13 Å². The summed E-state index contributed by atoms with van der Waals surface area (Å²) >= 11 is 2.71. The molecule has 3 aromatic carbocycles. The van der Waals surface area contributed by atoms with E-state index in [2.05, 4.69) is 39.4 Å². The number of pyridine rings is 1. The highest BCUT2D eigenvalue weighted by atomic mass is 32.2. The quantitative estimate of drug-likeness (QED) is 0.0755. The number of aliphatic hydroxyl groups excluding tert-OH is 1. The van der Waals surface area contributed by atoms with Crippen LogP contribution in [0.3, 0.4) is 0 Å². The topological polar surface area (TPSA) is 115 Å². The second-order valence-corrected chi connectivity index (χ2v) is 11.5. The molecule has 1 fully saturated rings. The molecule has 3 heterocycles. The van der Waals surface area contributed by atoms with Crippen molar-refractivity contribution in [2.75, 3.05) is 19.1 Å². The van der Waals surface area contributed by atoms with Crippen LogP contribution in [0.15, 0.2) is 95.1 Å². The fourth-order valence-corrected chi connectivity index (χ4v) is 6.81. The summed E-state index contributed by atoms with van der Waals surface area (Å²) in [7, 11) is 2.98. The molecule has 2 aromatic heterocycles. The van der Waals surface area contributed by atoms with Crippen molar-refractivity contribution >= 4 is 56.5 Å². The lowest BCUT2D eigenvalue weighted by atomic mass is 9.96.